The topological polar surface area (TPSA) is 66.5 Å². The summed E-state index contributed by atoms with van der Waals surface area (Å²) in [5.74, 6) is -0.196. The third kappa shape index (κ3) is 3.44. The van der Waals surface area contributed by atoms with Crippen LogP contribution in [0.1, 0.15) is 44.2 Å². The molecule has 0 unspecified atom stereocenters. The number of phenolic OH excluding ortho intramolecular Hbond substituents is 2. The Bertz CT molecular complexity index is 312. The second-order valence-corrected chi connectivity index (χ2v) is 3.85. The Hall–Kier alpha value is -1.22. The minimum Gasteiger partial charge on any atom is -0.504 e. The molecule has 0 aliphatic rings. The molecule has 84 valence electrons. The Balaban J connectivity index is 2.57. The molecular formula is C12H19NO2. The lowest BCUT2D eigenvalue weighted by Gasteiger charge is -2.12. The monoisotopic (exact) mass is 209 g/mol. The number of nitrogens with two attached hydrogens (primary N) is 1. The zero-order valence-corrected chi connectivity index (χ0v) is 9.11. The molecule has 0 fully saturated rings. The molecule has 0 radical (unpaired) electrons. The molecule has 3 heteroatoms. The molecule has 0 aliphatic carbocycles. The van der Waals surface area contributed by atoms with Crippen molar-refractivity contribution < 1.29 is 10.2 Å². The summed E-state index contributed by atoms with van der Waals surface area (Å²) in [7, 11) is 0. The van der Waals surface area contributed by atoms with Gasteiger partial charge in [-0.3, -0.25) is 0 Å². The summed E-state index contributed by atoms with van der Waals surface area (Å²) < 4.78 is 0. The van der Waals surface area contributed by atoms with Crippen LogP contribution < -0.4 is 5.73 Å². The second kappa shape index (κ2) is 5.61. The van der Waals surface area contributed by atoms with Crippen molar-refractivity contribution in [3.05, 3.63) is 23.8 Å². The van der Waals surface area contributed by atoms with Crippen LogP contribution in [0.5, 0.6) is 11.5 Å². The average molecular weight is 209 g/mol. The van der Waals surface area contributed by atoms with Crippen molar-refractivity contribution in [2.45, 2.75) is 38.6 Å². The van der Waals surface area contributed by atoms with Gasteiger partial charge in [-0.25, -0.2) is 0 Å². The molecule has 1 rings (SSSR count). The van der Waals surface area contributed by atoms with Crippen LogP contribution in [-0.4, -0.2) is 10.2 Å². The van der Waals surface area contributed by atoms with Gasteiger partial charge in [0.25, 0.3) is 0 Å². The van der Waals surface area contributed by atoms with Crippen LogP contribution in [-0.2, 0) is 0 Å². The first-order valence-corrected chi connectivity index (χ1v) is 5.42. The summed E-state index contributed by atoms with van der Waals surface area (Å²) in [5, 5.41) is 18.5. The van der Waals surface area contributed by atoms with E-state index in [4.69, 9.17) is 10.8 Å². The maximum absolute atomic E-state index is 9.32. The van der Waals surface area contributed by atoms with E-state index in [-0.39, 0.29) is 17.5 Å². The third-order valence-corrected chi connectivity index (χ3v) is 2.55. The molecule has 3 nitrogen and oxygen atoms in total. The van der Waals surface area contributed by atoms with Crippen molar-refractivity contribution in [2.24, 2.45) is 5.73 Å². The Morgan fingerprint density at radius 3 is 2.53 bits per heavy atom. The summed E-state index contributed by atoms with van der Waals surface area (Å²) in [4.78, 5) is 0. The Labute approximate surface area is 90.5 Å². The highest BCUT2D eigenvalue weighted by molar-refractivity contribution is 5.41. The van der Waals surface area contributed by atoms with E-state index in [0.717, 1.165) is 18.4 Å². The first-order chi connectivity index (χ1) is 7.15. The Morgan fingerprint density at radius 2 is 1.93 bits per heavy atom. The van der Waals surface area contributed by atoms with Gasteiger partial charge >= 0.3 is 0 Å². The smallest absolute Gasteiger partial charge is 0.157 e. The Kier molecular flexibility index (Phi) is 4.43. The fraction of sp³-hybridized carbons (Fsp3) is 0.500. The molecule has 4 N–H and O–H groups in total. The molecule has 0 spiro atoms. The molecule has 0 bridgehead atoms. The summed E-state index contributed by atoms with van der Waals surface area (Å²) >= 11 is 0. The largest absolute Gasteiger partial charge is 0.504 e. The number of benzene rings is 1. The zero-order chi connectivity index (χ0) is 11.3. The summed E-state index contributed by atoms with van der Waals surface area (Å²) in [5.41, 5.74) is 6.84. The van der Waals surface area contributed by atoms with Gasteiger partial charge in [-0.15, -0.1) is 0 Å². The van der Waals surface area contributed by atoms with Gasteiger partial charge < -0.3 is 15.9 Å². The number of hydrogen-bond acceptors (Lipinski definition) is 3. The van der Waals surface area contributed by atoms with Gasteiger partial charge in [0.2, 0.25) is 0 Å². The lowest BCUT2D eigenvalue weighted by atomic mass is 10.0. The van der Waals surface area contributed by atoms with E-state index in [1.165, 1.54) is 25.0 Å². The predicted octanol–water partition coefficient (Wildman–Crippen LogP) is 2.68. The van der Waals surface area contributed by atoms with E-state index < -0.39 is 0 Å². The van der Waals surface area contributed by atoms with Gasteiger partial charge in [0.05, 0.1) is 0 Å². The van der Waals surface area contributed by atoms with Crippen molar-refractivity contribution >= 4 is 0 Å². The van der Waals surface area contributed by atoms with E-state index in [1.807, 2.05) is 0 Å². The molecule has 0 saturated carbocycles. The van der Waals surface area contributed by atoms with Gasteiger partial charge in [-0.2, -0.15) is 0 Å². The van der Waals surface area contributed by atoms with E-state index in [9.17, 15) is 5.11 Å². The fourth-order valence-electron chi connectivity index (χ4n) is 1.55. The number of unbranched alkanes of at least 4 members (excludes halogenated alkanes) is 2. The first-order valence-electron chi connectivity index (χ1n) is 5.42. The number of aromatic hydroxyl groups is 2. The van der Waals surface area contributed by atoms with Gasteiger partial charge in [0.1, 0.15) is 0 Å². The fourth-order valence-corrected chi connectivity index (χ4v) is 1.55. The number of hydrogen-bond donors (Lipinski definition) is 3. The summed E-state index contributed by atoms with van der Waals surface area (Å²) in [6.45, 7) is 2.15. The van der Waals surface area contributed by atoms with Gasteiger partial charge in [0, 0.05) is 6.04 Å². The highest BCUT2D eigenvalue weighted by atomic mass is 16.3. The Morgan fingerprint density at radius 1 is 1.20 bits per heavy atom. The van der Waals surface area contributed by atoms with E-state index in [1.54, 1.807) is 6.07 Å². The van der Waals surface area contributed by atoms with Crippen LogP contribution in [0, 0.1) is 0 Å². The molecule has 1 aromatic rings. The molecule has 0 heterocycles. The summed E-state index contributed by atoms with van der Waals surface area (Å²) in [6, 6.07) is 4.71. The zero-order valence-electron chi connectivity index (χ0n) is 9.11. The highest BCUT2D eigenvalue weighted by Crippen LogP contribution is 2.28. The molecule has 0 amide bonds. The van der Waals surface area contributed by atoms with Crippen LogP contribution >= 0.6 is 0 Å². The summed E-state index contributed by atoms with van der Waals surface area (Å²) in [6.07, 6.45) is 4.36. The van der Waals surface area contributed by atoms with Crippen molar-refractivity contribution in [1.29, 1.82) is 0 Å². The van der Waals surface area contributed by atoms with Crippen molar-refractivity contribution in [3.63, 3.8) is 0 Å². The molecule has 0 saturated heterocycles. The quantitative estimate of drug-likeness (QED) is 0.516. The number of phenols is 2. The van der Waals surface area contributed by atoms with Gasteiger partial charge in [0.15, 0.2) is 11.5 Å². The highest BCUT2D eigenvalue weighted by Gasteiger charge is 2.08. The molecule has 0 aromatic heterocycles. The predicted molar refractivity (Wildman–Crippen MR) is 60.8 cm³/mol. The van der Waals surface area contributed by atoms with Gasteiger partial charge in [-0.1, -0.05) is 32.3 Å². The maximum Gasteiger partial charge on any atom is 0.157 e. The SMILES string of the molecule is CCCCC[C@H](N)c1ccc(O)c(O)c1. The van der Waals surface area contributed by atoms with Crippen LogP contribution in [0.4, 0.5) is 0 Å². The van der Waals surface area contributed by atoms with E-state index >= 15 is 0 Å². The minimum absolute atomic E-state index is 0.0527. The van der Waals surface area contributed by atoms with Crippen LogP contribution in [0.15, 0.2) is 18.2 Å². The van der Waals surface area contributed by atoms with E-state index in [0.29, 0.717) is 0 Å². The maximum atomic E-state index is 9.32. The molecule has 1 atom stereocenters. The number of rotatable bonds is 5. The van der Waals surface area contributed by atoms with Gasteiger partial charge in [-0.05, 0) is 24.1 Å². The average Bonchev–Trinajstić information content (AvgIpc) is 2.22. The minimum atomic E-state index is -0.0987. The lowest BCUT2D eigenvalue weighted by molar-refractivity contribution is 0.402. The van der Waals surface area contributed by atoms with Crippen LogP contribution in [0.2, 0.25) is 0 Å². The molecule has 1 aromatic carbocycles. The first kappa shape index (κ1) is 11.9. The normalized spacial score (nSPS) is 12.7. The lowest BCUT2D eigenvalue weighted by Crippen LogP contribution is -2.09. The third-order valence-electron chi connectivity index (χ3n) is 2.55. The standard InChI is InChI=1S/C12H19NO2/c1-2-3-4-5-10(13)9-6-7-11(14)12(15)8-9/h6-8,10,14-15H,2-5,13H2,1H3/t10-/m0/s1. The molecule has 0 aliphatic heterocycles. The van der Waals surface area contributed by atoms with E-state index in [2.05, 4.69) is 6.92 Å². The molecular weight excluding hydrogens is 190 g/mol. The van der Waals surface area contributed by atoms with Crippen molar-refractivity contribution in [1.82, 2.24) is 0 Å². The van der Waals surface area contributed by atoms with Crippen LogP contribution in [0.3, 0.4) is 0 Å². The van der Waals surface area contributed by atoms with Crippen molar-refractivity contribution in [2.75, 3.05) is 0 Å². The van der Waals surface area contributed by atoms with Crippen molar-refractivity contribution in [3.8, 4) is 11.5 Å². The van der Waals surface area contributed by atoms with Crippen LogP contribution in [0.25, 0.3) is 0 Å². The second-order valence-electron chi connectivity index (χ2n) is 3.85. The molecule has 15 heavy (non-hydrogen) atoms.